The highest BCUT2D eigenvalue weighted by Gasteiger charge is 2.24. The van der Waals surface area contributed by atoms with Crippen molar-refractivity contribution in [3.8, 4) is 11.8 Å². The number of aliphatic hydroxyl groups excluding tert-OH is 1. The fourth-order valence-electron chi connectivity index (χ4n) is 1.77. The van der Waals surface area contributed by atoms with Crippen LogP contribution < -0.4 is 0 Å². The lowest BCUT2D eigenvalue weighted by molar-refractivity contribution is 0.127. The number of ether oxygens (including phenoxy) is 1. The van der Waals surface area contributed by atoms with Gasteiger partial charge in [0.2, 0.25) is 0 Å². The largest absolute Gasteiger partial charge is 0.384 e. The highest BCUT2D eigenvalue weighted by molar-refractivity contribution is 7.99. The maximum absolute atomic E-state index is 8.62. The van der Waals surface area contributed by atoms with Gasteiger partial charge in [-0.15, -0.1) is 11.3 Å². The first-order valence-electron chi connectivity index (χ1n) is 5.71. The molecule has 2 unspecified atom stereocenters. The van der Waals surface area contributed by atoms with E-state index in [4.69, 9.17) is 9.84 Å². The summed E-state index contributed by atoms with van der Waals surface area (Å²) in [5.74, 6) is 6.64. The highest BCUT2D eigenvalue weighted by Crippen LogP contribution is 2.30. The number of hydrogen-bond acceptors (Lipinski definition) is 4. The van der Waals surface area contributed by atoms with Gasteiger partial charge in [0.15, 0.2) is 0 Å². The van der Waals surface area contributed by atoms with Crippen LogP contribution >= 0.6 is 23.1 Å². The number of hydrogen-bond donors (Lipinski definition) is 1. The maximum Gasteiger partial charge on any atom is 0.104 e. The number of rotatable bonds is 3. The molecule has 0 spiro atoms. The van der Waals surface area contributed by atoms with Crippen molar-refractivity contribution in [2.75, 3.05) is 13.2 Å². The molecular weight excluding hydrogens is 252 g/mol. The molecule has 17 heavy (non-hydrogen) atoms. The topological polar surface area (TPSA) is 29.5 Å². The van der Waals surface area contributed by atoms with Crippen LogP contribution in [0.3, 0.4) is 0 Å². The van der Waals surface area contributed by atoms with Crippen LogP contribution in [0, 0.1) is 11.8 Å². The van der Waals surface area contributed by atoms with Crippen LogP contribution in [0.1, 0.15) is 23.1 Å². The van der Waals surface area contributed by atoms with E-state index < -0.39 is 0 Å². The quantitative estimate of drug-likeness (QED) is 0.854. The molecule has 2 nitrogen and oxygen atoms in total. The average molecular weight is 268 g/mol. The Labute approximate surface area is 110 Å². The van der Waals surface area contributed by atoms with Gasteiger partial charge in [-0.3, -0.25) is 0 Å². The smallest absolute Gasteiger partial charge is 0.104 e. The summed E-state index contributed by atoms with van der Waals surface area (Å²) in [5, 5.41) is 9.25. The standard InChI is InChI=1S/C13H16O2S2/c1-10-13(6-8-15-10)16-9-12-5-4-11(17-12)3-2-7-14/h4-5,10,13-14H,6-9H2,1H3. The van der Waals surface area contributed by atoms with Crippen LogP contribution in [-0.4, -0.2) is 29.7 Å². The molecule has 0 amide bonds. The molecule has 1 aromatic heterocycles. The lowest BCUT2D eigenvalue weighted by atomic mass is 10.3. The Bertz CT molecular complexity index is 417. The lowest BCUT2D eigenvalue weighted by Crippen LogP contribution is -2.13. The van der Waals surface area contributed by atoms with Gasteiger partial charge in [0.05, 0.1) is 11.0 Å². The van der Waals surface area contributed by atoms with Gasteiger partial charge in [-0.05, 0) is 25.5 Å². The molecule has 1 aromatic rings. The molecule has 0 aliphatic carbocycles. The van der Waals surface area contributed by atoms with Gasteiger partial charge in [-0.25, -0.2) is 0 Å². The molecule has 92 valence electrons. The molecule has 2 heterocycles. The SMILES string of the molecule is CC1OCCC1SCc1ccc(C#CCO)s1. The monoisotopic (exact) mass is 268 g/mol. The summed E-state index contributed by atoms with van der Waals surface area (Å²) in [6, 6.07) is 4.15. The first kappa shape index (κ1) is 13.0. The van der Waals surface area contributed by atoms with Crippen LogP contribution in [0.25, 0.3) is 0 Å². The van der Waals surface area contributed by atoms with E-state index >= 15 is 0 Å². The van der Waals surface area contributed by atoms with E-state index in [9.17, 15) is 0 Å². The summed E-state index contributed by atoms with van der Waals surface area (Å²) in [5.41, 5.74) is 0. The summed E-state index contributed by atoms with van der Waals surface area (Å²) in [6.07, 6.45) is 1.54. The average Bonchev–Trinajstić information content (AvgIpc) is 2.93. The van der Waals surface area contributed by atoms with E-state index in [-0.39, 0.29) is 6.61 Å². The molecule has 1 aliphatic rings. The molecule has 1 N–H and O–H groups in total. The number of aliphatic hydroxyl groups is 1. The van der Waals surface area contributed by atoms with Crippen LogP contribution in [0.5, 0.6) is 0 Å². The summed E-state index contributed by atoms with van der Waals surface area (Å²) < 4.78 is 5.54. The minimum Gasteiger partial charge on any atom is -0.384 e. The van der Waals surface area contributed by atoms with E-state index in [2.05, 4.69) is 24.8 Å². The van der Waals surface area contributed by atoms with Crippen molar-refractivity contribution in [2.24, 2.45) is 0 Å². The van der Waals surface area contributed by atoms with Crippen molar-refractivity contribution in [1.29, 1.82) is 0 Å². The third kappa shape index (κ3) is 3.75. The Morgan fingerprint density at radius 2 is 2.47 bits per heavy atom. The zero-order chi connectivity index (χ0) is 12.1. The molecule has 1 fully saturated rings. The van der Waals surface area contributed by atoms with Gasteiger partial charge in [0.25, 0.3) is 0 Å². The van der Waals surface area contributed by atoms with Gasteiger partial charge in [0, 0.05) is 22.5 Å². The van der Waals surface area contributed by atoms with Gasteiger partial charge in [-0.1, -0.05) is 11.8 Å². The minimum absolute atomic E-state index is 0.0705. The Morgan fingerprint density at radius 1 is 1.59 bits per heavy atom. The molecule has 0 bridgehead atoms. The van der Waals surface area contributed by atoms with E-state index in [1.165, 1.54) is 4.88 Å². The van der Waals surface area contributed by atoms with Crippen molar-refractivity contribution >= 4 is 23.1 Å². The second-order valence-corrected chi connectivity index (χ2v) is 6.34. The predicted molar refractivity (Wildman–Crippen MR) is 73.4 cm³/mol. The molecule has 0 radical (unpaired) electrons. The summed E-state index contributed by atoms with van der Waals surface area (Å²) in [4.78, 5) is 2.38. The molecule has 2 atom stereocenters. The lowest BCUT2D eigenvalue weighted by Gasteiger charge is -2.12. The summed E-state index contributed by atoms with van der Waals surface area (Å²) >= 11 is 3.68. The first-order valence-corrected chi connectivity index (χ1v) is 7.58. The molecule has 1 aliphatic heterocycles. The third-order valence-corrected chi connectivity index (χ3v) is 5.41. The third-order valence-electron chi connectivity index (χ3n) is 2.70. The van der Waals surface area contributed by atoms with Crippen LogP contribution in [-0.2, 0) is 10.5 Å². The van der Waals surface area contributed by atoms with E-state index in [0.717, 1.165) is 23.7 Å². The second kappa shape index (κ2) is 6.46. The number of thioether (sulfide) groups is 1. The van der Waals surface area contributed by atoms with Crippen molar-refractivity contribution in [2.45, 2.75) is 30.5 Å². The maximum atomic E-state index is 8.62. The van der Waals surface area contributed by atoms with Gasteiger partial charge in [0.1, 0.15) is 6.61 Å². The fourth-order valence-corrected chi connectivity index (χ4v) is 3.97. The predicted octanol–water partition coefficient (Wildman–Crippen LogP) is 2.50. The highest BCUT2D eigenvalue weighted by atomic mass is 32.2. The Kier molecular flexibility index (Phi) is 4.93. The number of thiophene rings is 1. The molecule has 0 aromatic carbocycles. The van der Waals surface area contributed by atoms with E-state index in [0.29, 0.717) is 11.4 Å². The summed E-state index contributed by atoms with van der Waals surface area (Å²) in [6.45, 7) is 2.98. The Balaban J connectivity index is 1.84. The Hall–Kier alpha value is -0.470. The fraction of sp³-hybridized carbons (Fsp3) is 0.538. The van der Waals surface area contributed by atoms with Gasteiger partial charge < -0.3 is 9.84 Å². The van der Waals surface area contributed by atoms with Crippen LogP contribution in [0.15, 0.2) is 12.1 Å². The van der Waals surface area contributed by atoms with Crippen LogP contribution in [0.4, 0.5) is 0 Å². The van der Waals surface area contributed by atoms with E-state index in [1.807, 2.05) is 17.8 Å². The molecule has 4 heteroatoms. The zero-order valence-corrected chi connectivity index (χ0v) is 11.4. The van der Waals surface area contributed by atoms with Gasteiger partial charge >= 0.3 is 0 Å². The first-order chi connectivity index (χ1) is 8.29. The molecule has 0 saturated carbocycles. The zero-order valence-electron chi connectivity index (χ0n) is 9.81. The van der Waals surface area contributed by atoms with Crippen molar-refractivity contribution < 1.29 is 9.84 Å². The van der Waals surface area contributed by atoms with Crippen molar-refractivity contribution in [1.82, 2.24) is 0 Å². The van der Waals surface area contributed by atoms with Crippen LogP contribution in [0.2, 0.25) is 0 Å². The van der Waals surface area contributed by atoms with E-state index in [1.54, 1.807) is 11.3 Å². The normalized spacial score (nSPS) is 23.4. The molecule has 1 saturated heterocycles. The van der Waals surface area contributed by atoms with Crippen molar-refractivity contribution in [3.63, 3.8) is 0 Å². The molecule has 2 rings (SSSR count). The minimum atomic E-state index is -0.0705. The Morgan fingerprint density at radius 3 is 3.18 bits per heavy atom. The van der Waals surface area contributed by atoms with Gasteiger partial charge in [-0.2, -0.15) is 11.8 Å². The summed E-state index contributed by atoms with van der Waals surface area (Å²) in [7, 11) is 0. The molecular formula is C13H16O2S2. The van der Waals surface area contributed by atoms with Crippen molar-refractivity contribution in [3.05, 3.63) is 21.9 Å². The second-order valence-electron chi connectivity index (χ2n) is 3.94.